The van der Waals surface area contributed by atoms with Crippen LogP contribution in [0.25, 0.3) is 0 Å². The van der Waals surface area contributed by atoms with E-state index < -0.39 is 7.82 Å². The molecule has 0 aliphatic carbocycles. The van der Waals surface area contributed by atoms with Crippen LogP contribution < -0.4 is 4.89 Å². The number of rotatable bonds is 26. The Bertz CT molecular complexity index is 486. The van der Waals surface area contributed by atoms with E-state index in [4.69, 9.17) is 18.5 Å². The lowest BCUT2D eigenvalue weighted by molar-refractivity contribution is -0.870. The Kier molecular flexibility index (Phi) is 22.2. The van der Waals surface area contributed by atoms with Gasteiger partial charge in [0.1, 0.15) is 13.2 Å². The second kappa shape index (κ2) is 22.2. The van der Waals surface area contributed by atoms with E-state index in [1.807, 2.05) is 21.1 Å². The summed E-state index contributed by atoms with van der Waals surface area (Å²) >= 11 is 0. The third-order valence-corrected chi connectivity index (χ3v) is 6.84. The molecular weight excluding hydrogens is 453 g/mol. The maximum Gasteiger partial charge on any atom is 0.268 e. The molecule has 0 fully saturated rings. The molecule has 8 heteroatoms. The van der Waals surface area contributed by atoms with Gasteiger partial charge in [-0.3, -0.25) is 4.57 Å². The zero-order valence-corrected chi connectivity index (χ0v) is 24.0. The standard InChI is InChI=1S/C26H56NO6P/c1-6-7-8-9-10-11-12-13-14-15-16-17-18-19-21-31-24-26(23-30-5)25-33-34(28,29)32-22-20-27(2,3)4/h26H,6-25H2,1-5H3/t26-/m1/s1. The van der Waals surface area contributed by atoms with Crippen LogP contribution >= 0.6 is 7.82 Å². The quantitative estimate of drug-likeness (QED) is 0.0814. The number of phosphoric acid groups is 1. The van der Waals surface area contributed by atoms with Crippen molar-refractivity contribution in [2.75, 3.05) is 67.8 Å². The number of quaternary nitrogens is 1. The summed E-state index contributed by atoms with van der Waals surface area (Å²) in [7, 11) is 3.22. The van der Waals surface area contributed by atoms with Crippen LogP contribution in [0.4, 0.5) is 0 Å². The van der Waals surface area contributed by atoms with Gasteiger partial charge in [0.25, 0.3) is 7.82 Å². The molecule has 0 aromatic rings. The summed E-state index contributed by atoms with van der Waals surface area (Å²) in [6, 6.07) is 0. The first-order chi connectivity index (χ1) is 16.2. The van der Waals surface area contributed by atoms with Crippen molar-refractivity contribution >= 4 is 7.82 Å². The van der Waals surface area contributed by atoms with Gasteiger partial charge in [-0.1, -0.05) is 90.4 Å². The van der Waals surface area contributed by atoms with Gasteiger partial charge < -0.3 is 27.9 Å². The number of nitrogens with zero attached hydrogens (tertiary/aromatic N) is 1. The average molecular weight is 510 g/mol. The van der Waals surface area contributed by atoms with Crippen molar-refractivity contribution in [2.45, 2.75) is 96.8 Å². The normalized spacial score (nSPS) is 14.9. The monoisotopic (exact) mass is 509 g/mol. The molecule has 0 aliphatic rings. The van der Waals surface area contributed by atoms with E-state index in [0.717, 1.165) is 6.42 Å². The van der Waals surface area contributed by atoms with Gasteiger partial charge in [0.05, 0.1) is 41.0 Å². The van der Waals surface area contributed by atoms with E-state index in [0.29, 0.717) is 30.8 Å². The van der Waals surface area contributed by atoms with Crippen LogP contribution in [0.5, 0.6) is 0 Å². The molecule has 0 amide bonds. The first-order valence-electron chi connectivity index (χ1n) is 13.7. The van der Waals surface area contributed by atoms with Crippen LogP contribution in [0.2, 0.25) is 0 Å². The molecule has 7 nitrogen and oxygen atoms in total. The minimum Gasteiger partial charge on any atom is -0.756 e. The average Bonchev–Trinajstić information content (AvgIpc) is 2.76. The van der Waals surface area contributed by atoms with Gasteiger partial charge in [0.15, 0.2) is 0 Å². The topological polar surface area (TPSA) is 77.1 Å². The minimum atomic E-state index is -4.30. The van der Waals surface area contributed by atoms with Gasteiger partial charge in [-0.2, -0.15) is 0 Å². The molecule has 0 rings (SSSR count). The van der Waals surface area contributed by atoms with E-state index in [-0.39, 0.29) is 19.1 Å². The van der Waals surface area contributed by atoms with Crippen LogP contribution in [0.3, 0.4) is 0 Å². The van der Waals surface area contributed by atoms with Crippen molar-refractivity contribution in [3.05, 3.63) is 0 Å². The van der Waals surface area contributed by atoms with Crippen LogP contribution in [0.1, 0.15) is 96.8 Å². The lowest BCUT2D eigenvalue weighted by Gasteiger charge is -2.28. The Morgan fingerprint density at radius 1 is 0.706 bits per heavy atom. The van der Waals surface area contributed by atoms with Crippen molar-refractivity contribution in [3.63, 3.8) is 0 Å². The number of unbranched alkanes of at least 4 members (excludes halogenated alkanes) is 13. The van der Waals surface area contributed by atoms with E-state index in [2.05, 4.69) is 6.92 Å². The Balaban J connectivity index is 3.65. The van der Waals surface area contributed by atoms with Gasteiger partial charge >= 0.3 is 0 Å². The van der Waals surface area contributed by atoms with Crippen molar-refractivity contribution in [1.82, 2.24) is 0 Å². The van der Waals surface area contributed by atoms with Crippen LogP contribution in [-0.4, -0.2) is 72.3 Å². The largest absolute Gasteiger partial charge is 0.756 e. The Morgan fingerprint density at radius 2 is 1.21 bits per heavy atom. The Hall–Kier alpha value is -0.0100. The summed E-state index contributed by atoms with van der Waals surface area (Å²) in [5.74, 6) is -0.138. The SMILES string of the molecule is CCCCCCCCCCCCCCCCOC[C@@H](COC)COP(=O)([O-])OCC[N+](C)(C)C. The van der Waals surface area contributed by atoms with Gasteiger partial charge in [0.2, 0.25) is 0 Å². The summed E-state index contributed by atoms with van der Waals surface area (Å²) < 4.78 is 33.5. The molecule has 34 heavy (non-hydrogen) atoms. The summed E-state index contributed by atoms with van der Waals surface area (Å²) in [5.41, 5.74) is 0. The predicted molar refractivity (Wildman–Crippen MR) is 139 cm³/mol. The van der Waals surface area contributed by atoms with Crippen LogP contribution in [-0.2, 0) is 23.1 Å². The molecule has 0 bridgehead atoms. The maximum atomic E-state index is 11.9. The Morgan fingerprint density at radius 3 is 1.68 bits per heavy atom. The first kappa shape index (κ1) is 34.0. The summed E-state index contributed by atoms with van der Waals surface area (Å²) in [4.78, 5) is 11.9. The number of phosphoric ester groups is 1. The van der Waals surface area contributed by atoms with Crippen LogP contribution in [0, 0.1) is 5.92 Å². The highest BCUT2D eigenvalue weighted by Gasteiger charge is 2.17. The molecular formula is C26H56NO6P. The molecule has 0 saturated heterocycles. The smallest absolute Gasteiger partial charge is 0.268 e. The highest BCUT2D eigenvalue weighted by molar-refractivity contribution is 7.45. The fraction of sp³-hybridized carbons (Fsp3) is 1.00. The molecule has 0 N–H and O–H groups in total. The minimum absolute atomic E-state index is 0.0116. The second-order valence-electron chi connectivity index (χ2n) is 10.6. The number of hydrogen-bond donors (Lipinski definition) is 0. The lowest BCUT2D eigenvalue weighted by Crippen LogP contribution is -2.37. The van der Waals surface area contributed by atoms with E-state index >= 15 is 0 Å². The maximum absolute atomic E-state index is 11.9. The Labute approximate surface area is 211 Å². The molecule has 0 aromatic heterocycles. The zero-order chi connectivity index (χ0) is 25.5. The second-order valence-corrected chi connectivity index (χ2v) is 12.0. The molecule has 0 saturated carbocycles. The van der Waals surface area contributed by atoms with Crippen molar-refractivity contribution in [2.24, 2.45) is 5.92 Å². The summed E-state index contributed by atoms with van der Waals surface area (Å²) in [6.07, 6.45) is 18.7. The van der Waals surface area contributed by atoms with Crippen molar-refractivity contribution in [3.8, 4) is 0 Å². The first-order valence-corrected chi connectivity index (χ1v) is 15.1. The van der Waals surface area contributed by atoms with Crippen LogP contribution in [0.15, 0.2) is 0 Å². The highest BCUT2D eigenvalue weighted by Crippen LogP contribution is 2.38. The van der Waals surface area contributed by atoms with E-state index in [1.54, 1.807) is 7.11 Å². The van der Waals surface area contributed by atoms with E-state index in [9.17, 15) is 9.46 Å². The third kappa shape index (κ3) is 25.1. The number of hydrogen-bond acceptors (Lipinski definition) is 6. The number of ether oxygens (including phenoxy) is 2. The molecule has 206 valence electrons. The fourth-order valence-electron chi connectivity index (χ4n) is 3.69. The third-order valence-electron chi connectivity index (χ3n) is 5.88. The van der Waals surface area contributed by atoms with Gasteiger partial charge in [-0.25, -0.2) is 0 Å². The highest BCUT2D eigenvalue weighted by atomic mass is 31.2. The molecule has 0 spiro atoms. The summed E-state index contributed by atoms with van der Waals surface area (Å²) in [6.45, 7) is 4.47. The lowest BCUT2D eigenvalue weighted by atomic mass is 10.0. The molecule has 0 radical (unpaired) electrons. The van der Waals surface area contributed by atoms with E-state index in [1.165, 1.54) is 83.5 Å². The molecule has 2 atom stereocenters. The van der Waals surface area contributed by atoms with Crippen molar-refractivity contribution in [1.29, 1.82) is 0 Å². The fourth-order valence-corrected chi connectivity index (χ4v) is 4.46. The van der Waals surface area contributed by atoms with Gasteiger partial charge in [-0.05, 0) is 6.42 Å². The number of likely N-dealkylation sites (N-methyl/N-ethyl adjacent to an activating group) is 1. The van der Waals surface area contributed by atoms with Gasteiger partial charge in [0, 0.05) is 19.6 Å². The molecule has 0 heterocycles. The molecule has 1 unspecified atom stereocenters. The number of methoxy groups -OCH3 is 1. The van der Waals surface area contributed by atoms with Crippen molar-refractivity contribution < 1.29 is 32.5 Å². The summed E-state index contributed by atoms with van der Waals surface area (Å²) in [5, 5.41) is 0. The molecule has 0 aromatic carbocycles. The van der Waals surface area contributed by atoms with Gasteiger partial charge in [-0.15, -0.1) is 0 Å². The zero-order valence-electron chi connectivity index (χ0n) is 23.1. The predicted octanol–water partition coefficient (Wildman–Crippen LogP) is 5.95. The molecule has 0 aliphatic heterocycles.